The Balaban J connectivity index is 1.42. The highest BCUT2D eigenvalue weighted by Gasteiger charge is 2.25. The third-order valence-electron chi connectivity index (χ3n) is 5.96. The number of nitrogens with zero attached hydrogens (tertiary/aromatic N) is 5. The molecule has 9 heteroatoms. The highest BCUT2D eigenvalue weighted by atomic mass is 32.1. The van der Waals surface area contributed by atoms with Gasteiger partial charge in [-0.25, -0.2) is 9.50 Å². The van der Waals surface area contributed by atoms with Crippen molar-refractivity contribution in [2.75, 3.05) is 0 Å². The molecule has 1 aliphatic rings. The molecule has 0 spiro atoms. The maximum absolute atomic E-state index is 12.9. The summed E-state index contributed by atoms with van der Waals surface area (Å²) >= 11 is 1.49. The first-order valence-electron chi connectivity index (χ1n) is 10.5. The van der Waals surface area contributed by atoms with Gasteiger partial charge in [0.15, 0.2) is 5.65 Å². The van der Waals surface area contributed by atoms with Crippen LogP contribution in [0, 0.1) is 6.92 Å². The lowest BCUT2D eigenvalue weighted by Crippen LogP contribution is -2.49. The van der Waals surface area contributed by atoms with E-state index in [1.807, 2.05) is 44.8 Å². The molecule has 1 fully saturated rings. The minimum Gasteiger partial charge on any atom is -0.347 e. The highest BCUT2D eigenvalue weighted by molar-refractivity contribution is 7.14. The van der Waals surface area contributed by atoms with Crippen molar-refractivity contribution in [1.29, 1.82) is 0 Å². The number of nitrogens with one attached hydrogen (secondary N) is 1. The van der Waals surface area contributed by atoms with Crippen molar-refractivity contribution >= 4 is 22.9 Å². The fourth-order valence-corrected chi connectivity index (χ4v) is 5.16. The molecular weight excluding hydrogens is 410 g/mol. The second-order valence-electron chi connectivity index (χ2n) is 8.18. The van der Waals surface area contributed by atoms with E-state index in [1.165, 1.54) is 11.3 Å². The van der Waals surface area contributed by atoms with E-state index in [9.17, 15) is 4.79 Å². The number of rotatable bonds is 4. The smallest absolute Gasteiger partial charge is 0.261 e. The number of nitrogens with two attached hydrogens (primary N) is 1. The Hall–Kier alpha value is -3.04. The summed E-state index contributed by atoms with van der Waals surface area (Å²) in [7, 11) is 1.89. The molecule has 0 saturated heterocycles. The number of hydrogen-bond acceptors (Lipinski definition) is 6. The Morgan fingerprint density at radius 2 is 1.94 bits per heavy atom. The number of aryl methyl sites for hydroxylation is 2. The van der Waals surface area contributed by atoms with Crippen LogP contribution in [0.5, 0.6) is 0 Å². The van der Waals surface area contributed by atoms with E-state index >= 15 is 0 Å². The first-order valence-corrected chi connectivity index (χ1v) is 11.3. The fourth-order valence-electron chi connectivity index (χ4n) is 4.22. The zero-order valence-corrected chi connectivity index (χ0v) is 18.4. The van der Waals surface area contributed by atoms with Gasteiger partial charge in [-0.05, 0) is 25.8 Å². The average molecular weight is 436 g/mol. The zero-order chi connectivity index (χ0) is 21.5. The maximum Gasteiger partial charge on any atom is 0.261 e. The number of amides is 1. The average Bonchev–Trinajstić information content (AvgIpc) is 3.47. The second kappa shape index (κ2) is 7.90. The van der Waals surface area contributed by atoms with Crippen molar-refractivity contribution < 1.29 is 4.79 Å². The Bertz CT molecular complexity index is 1250. The molecule has 8 nitrogen and oxygen atoms in total. The van der Waals surface area contributed by atoms with Crippen molar-refractivity contribution in [3.8, 4) is 22.3 Å². The second-order valence-corrected chi connectivity index (χ2v) is 9.44. The highest BCUT2D eigenvalue weighted by Crippen LogP contribution is 2.33. The Morgan fingerprint density at radius 1 is 1.13 bits per heavy atom. The van der Waals surface area contributed by atoms with E-state index in [1.54, 1.807) is 15.4 Å². The summed E-state index contributed by atoms with van der Waals surface area (Å²) in [5, 5.41) is 11.9. The third-order valence-corrected chi connectivity index (χ3v) is 7.01. The van der Waals surface area contributed by atoms with Crippen LogP contribution in [0.15, 0.2) is 37.1 Å². The summed E-state index contributed by atoms with van der Waals surface area (Å²) in [5.41, 5.74) is 10.8. The number of aromatic nitrogens is 5. The van der Waals surface area contributed by atoms with Gasteiger partial charge < -0.3 is 11.1 Å². The molecule has 160 valence electrons. The van der Waals surface area contributed by atoms with Crippen molar-refractivity contribution in [3.05, 3.63) is 46.8 Å². The van der Waals surface area contributed by atoms with E-state index in [0.29, 0.717) is 4.88 Å². The molecule has 0 aliphatic heterocycles. The van der Waals surface area contributed by atoms with E-state index < -0.39 is 0 Å². The minimum atomic E-state index is -0.0509. The Labute approximate surface area is 184 Å². The summed E-state index contributed by atoms with van der Waals surface area (Å²) in [6.45, 7) is 2.02. The van der Waals surface area contributed by atoms with Gasteiger partial charge in [0.25, 0.3) is 5.91 Å². The SMILES string of the molecule is Cc1sc(C(=O)NC2CCCCC2N)cc1-c1cnn2cc(-c3cnn(C)c3)cnc12. The van der Waals surface area contributed by atoms with Crippen LogP contribution in [-0.2, 0) is 7.05 Å². The fraction of sp³-hybridized carbons (Fsp3) is 0.364. The summed E-state index contributed by atoms with van der Waals surface area (Å²) in [5.74, 6) is -0.0509. The maximum atomic E-state index is 12.9. The van der Waals surface area contributed by atoms with Crippen molar-refractivity contribution in [2.45, 2.75) is 44.7 Å². The molecule has 0 bridgehead atoms. The molecule has 4 aromatic rings. The normalized spacial score (nSPS) is 19.1. The van der Waals surface area contributed by atoms with Crippen molar-refractivity contribution in [3.63, 3.8) is 0 Å². The molecule has 0 aromatic carbocycles. The molecule has 3 N–H and O–H groups in total. The van der Waals surface area contributed by atoms with Crippen LogP contribution in [0.2, 0.25) is 0 Å². The molecule has 1 aliphatic carbocycles. The Kier molecular flexibility index (Phi) is 5.07. The van der Waals surface area contributed by atoms with Crippen molar-refractivity contribution in [2.24, 2.45) is 12.8 Å². The number of hydrogen-bond donors (Lipinski definition) is 2. The van der Waals surface area contributed by atoms with Crippen LogP contribution in [-0.4, -0.2) is 42.4 Å². The lowest BCUT2D eigenvalue weighted by molar-refractivity contribution is 0.0925. The van der Waals surface area contributed by atoms with Gasteiger partial charge in [0, 0.05) is 64.9 Å². The monoisotopic (exact) mass is 435 g/mol. The molecule has 4 heterocycles. The van der Waals surface area contributed by atoms with Gasteiger partial charge in [-0.3, -0.25) is 9.48 Å². The van der Waals surface area contributed by atoms with E-state index in [-0.39, 0.29) is 18.0 Å². The van der Waals surface area contributed by atoms with Crippen LogP contribution in [0.3, 0.4) is 0 Å². The molecule has 1 saturated carbocycles. The largest absolute Gasteiger partial charge is 0.347 e. The Morgan fingerprint density at radius 3 is 2.71 bits per heavy atom. The minimum absolute atomic E-state index is 0.0380. The van der Waals surface area contributed by atoms with Crippen LogP contribution in [0.4, 0.5) is 0 Å². The van der Waals surface area contributed by atoms with Gasteiger partial charge in [-0.15, -0.1) is 11.3 Å². The van der Waals surface area contributed by atoms with Gasteiger partial charge >= 0.3 is 0 Å². The third kappa shape index (κ3) is 3.75. The molecule has 0 radical (unpaired) electrons. The van der Waals surface area contributed by atoms with E-state index in [2.05, 4.69) is 20.5 Å². The van der Waals surface area contributed by atoms with Crippen LogP contribution >= 0.6 is 11.3 Å². The quantitative estimate of drug-likeness (QED) is 0.512. The number of carbonyl (C=O) groups is 1. The first-order chi connectivity index (χ1) is 15.0. The number of thiophene rings is 1. The molecule has 5 rings (SSSR count). The summed E-state index contributed by atoms with van der Waals surface area (Å²) in [4.78, 5) is 19.3. The number of fused-ring (bicyclic) bond motifs is 1. The van der Waals surface area contributed by atoms with E-state index in [0.717, 1.165) is 58.5 Å². The number of carbonyl (C=O) groups excluding carboxylic acids is 1. The molecule has 2 atom stereocenters. The standard InChI is InChI=1S/C22H25N7OS/c1-13-16(7-20(31-13)22(30)27-19-6-4-3-5-18(19)23)17-10-26-29-12-14(8-24-21(17)29)15-9-25-28(2)11-15/h7-12,18-19H,3-6,23H2,1-2H3,(H,27,30). The van der Waals surface area contributed by atoms with E-state index in [4.69, 9.17) is 5.73 Å². The lowest BCUT2D eigenvalue weighted by Gasteiger charge is -2.29. The van der Waals surface area contributed by atoms with Gasteiger partial charge in [-0.2, -0.15) is 10.2 Å². The summed E-state index contributed by atoms with van der Waals surface area (Å²) in [6.07, 6.45) is 13.5. The molecular formula is C22H25N7OS. The van der Waals surface area contributed by atoms with Gasteiger partial charge in [0.2, 0.25) is 0 Å². The van der Waals surface area contributed by atoms with Gasteiger partial charge in [0.1, 0.15) is 0 Å². The van der Waals surface area contributed by atoms with Crippen LogP contribution < -0.4 is 11.1 Å². The molecule has 1 amide bonds. The lowest BCUT2D eigenvalue weighted by atomic mass is 9.91. The molecule has 31 heavy (non-hydrogen) atoms. The predicted molar refractivity (Wildman–Crippen MR) is 121 cm³/mol. The summed E-state index contributed by atoms with van der Waals surface area (Å²) < 4.78 is 3.53. The predicted octanol–water partition coefficient (Wildman–Crippen LogP) is 3.17. The molecule has 2 unspecified atom stereocenters. The summed E-state index contributed by atoms with van der Waals surface area (Å²) in [6, 6.07) is 2.03. The van der Waals surface area contributed by atoms with Crippen molar-refractivity contribution in [1.82, 2.24) is 29.7 Å². The zero-order valence-electron chi connectivity index (χ0n) is 17.6. The van der Waals surface area contributed by atoms with Crippen LogP contribution in [0.25, 0.3) is 27.9 Å². The van der Waals surface area contributed by atoms with Gasteiger partial charge in [-0.1, -0.05) is 12.8 Å². The van der Waals surface area contributed by atoms with Gasteiger partial charge in [0.05, 0.1) is 17.3 Å². The topological polar surface area (TPSA) is 103 Å². The molecule has 4 aromatic heterocycles. The first kappa shape index (κ1) is 19.9. The van der Waals surface area contributed by atoms with Crippen LogP contribution in [0.1, 0.15) is 40.2 Å².